The number of hydrogen-bond acceptors (Lipinski definition) is 5. The third-order valence-corrected chi connectivity index (χ3v) is 3.57. The number of hydrogen-bond donors (Lipinski definition) is 2. The first-order chi connectivity index (χ1) is 11.3. The highest BCUT2D eigenvalue weighted by atomic mass is 35.5. The first-order valence-corrected chi connectivity index (χ1v) is 7.86. The number of ether oxygens (including phenoxy) is 1. The predicted molar refractivity (Wildman–Crippen MR) is 94.5 cm³/mol. The van der Waals surface area contributed by atoms with Crippen LogP contribution in [-0.2, 0) is 0 Å². The molecule has 0 atom stereocenters. The van der Waals surface area contributed by atoms with Crippen LogP contribution in [0.5, 0.6) is 5.75 Å². The van der Waals surface area contributed by atoms with E-state index in [9.17, 15) is 0 Å². The Bertz CT molecular complexity index is 809. The molecule has 118 valence electrons. The minimum Gasteiger partial charge on any atom is -0.493 e. The van der Waals surface area contributed by atoms with Gasteiger partial charge in [-0.1, -0.05) is 6.07 Å². The van der Waals surface area contributed by atoms with Gasteiger partial charge in [0.25, 0.3) is 0 Å². The van der Waals surface area contributed by atoms with Crippen LogP contribution in [0.25, 0.3) is 10.9 Å². The Labute approximate surface area is 139 Å². The average molecular weight is 329 g/mol. The molecule has 0 bridgehead atoms. The summed E-state index contributed by atoms with van der Waals surface area (Å²) >= 11 is 5.65. The second-order valence-electron chi connectivity index (χ2n) is 5.04. The number of nitrogens with zero attached hydrogens (tertiary/aromatic N) is 2. The van der Waals surface area contributed by atoms with Crippen LogP contribution in [0.1, 0.15) is 6.42 Å². The van der Waals surface area contributed by atoms with Crippen LogP contribution in [0.15, 0.2) is 48.8 Å². The minimum atomic E-state index is 0.587. The first kappa shape index (κ1) is 15.4. The monoisotopic (exact) mass is 328 g/mol. The fourth-order valence-electron chi connectivity index (χ4n) is 2.22. The molecule has 2 aromatic carbocycles. The summed E-state index contributed by atoms with van der Waals surface area (Å²) in [5.74, 6) is 2.09. The van der Waals surface area contributed by atoms with Crippen LogP contribution >= 0.6 is 11.6 Å². The van der Waals surface area contributed by atoms with Crippen molar-refractivity contribution in [3.63, 3.8) is 0 Å². The Morgan fingerprint density at radius 1 is 1.13 bits per heavy atom. The second-order valence-corrected chi connectivity index (χ2v) is 5.42. The molecule has 0 spiro atoms. The molecule has 0 saturated carbocycles. The second kappa shape index (κ2) is 7.15. The molecule has 0 amide bonds. The van der Waals surface area contributed by atoms with Gasteiger partial charge >= 0.3 is 0 Å². The maximum Gasteiger partial charge on any atom is 0.141 e. The highest BCUT2D eigenvalue weighted by Crippen LogP contribution is 2.26. The summed E-state index contributed by atoms with van der Waals surface area (Å²) in [6, 6.07) is 13.3. The molecule has 0 aliphatic carbocycles. The zero-order valence-electron chi connectivity index (χ0n) is 12.5. The lowest BCUT2D eigenvalue weighted by molar-refractivity contribution is 0.318. The summed E-state index contributed by atoms with van der Waals surface area (Å²) in [5, 5.41) is 4.19. The molecule has 1 heterocycles. The van der Waals surface area contributed by atoms with Gasteiger partial charge in [-0.15, -0.1) is 11.6 Å². The quantitative estimate of drug-likeness (QED) is 0.407. The summed E-state index contributed by atoms with van der Waals surface area (Å²) in [6.45, 7) is 0.592. The molecule has 5 nitrogen and oxygen atoms in total. The van der Waals surface area contributed by atoms with E-state index in [-0.39, 0.29) is 0 Å². The Morgan fingerprint density at radius 3 is 2.87 bits per heavy atom. The summed E-state index contributed by atoms with van der Waals surface area (Å²) in [5.41, 5.74) is 8.20. The fraction of sp³-hybridized carbons (Fsp3) is 0.176. The molecule has 6 heteroatoms. The van der Waals surface area contributed by atoms with Gasteiger partial charge in [0.2, 0.25) is 0 Å². The van der Waals surface area contributed by atoms with E-state index in [0.29, 0.717) is 18.2 Å². The van der Waals surface area contributed by atoms with Gasteiger partial charge in [0, 0.05) is 28.7 Å². The normalized spacial score (nSPS) is 10.7. The number of nitrogens with one attached hydrogen (secondary N) is 1. The van der Waals surface area contributed by atoms with Crippen molar-refractivity contribution in [3.8, 4) is 5.75 Å². The number of anilines is 3. The molecule has 0 fully saturated rings. The molecule has 0 saturated heterocycles. The van der Waals surface area contributed by atoms with Crippen LogP contribution in [0.2, 0.25) is 0 Å². The van der Waals surface area contributed by atoms with Crippen molar-refractivity contribution in [1.29, 1.82) is 0 Å². The molecule has 3 N–H and O–H groups in total. The summed E-state index contributed by atoms with van der Waals surface area (Å²) < 4.78 is 5.65. The van der Waals surface area contributed by atoms with Crippen LogP contribution < -0.4 is 15.8 Å². The van der Waals surface area contributed by atoms with Crippen molar-refractivity contribution in [2.75, 3.05) is 23.5 Å². The van der Waals surface area contributed by atoms with Crippen LogP contribution in [-0.4, -0.2) is 22.5 Å². The van der Waals surface area contributed by atoms with Gasteiger partial charge in [0.1, 0.15) is 17.9 Å². The predicted octanol–water partition coefficient (Wildman–Crippen LogP) is 3.96. The van der Waals surface area contributed by atoms with Gasteiger partial charge in [-0.05, 0) is 36.8 Å². The summed E-state index contributed by atoms with van der Waals surface area (Å²) in [7, 11) is 0. The third kappa shape index (κ3) is 3.81. The number of benzene rings is 2. The van der Waals surface area contributed by atoms with Crippen molar-refractivity contribution >= 4 is 39.7 Å². The molecule has 3 rings (SSSR count). The Kier molecular flexibility index (Phi) is 4.78. The molecule has 0 aliphatic heterocycles. The number of nitrogens with two attached hydrogens (primary N) is 1. The van der Waals surface area contributed by atoms with E-state index in [1.54, 1.807) is 0 Å². The molecular formula is C17H17ClN4O. The molecule has 0 unspecified atom stereocenters. The van der Waals surface area contributed by atoms with Crippen molar-refractivity contribution < 1.29 is 4.74 Å². The largest absolute Gasteiger partial charge is 0.493 e. The van der Waals surface area contributed by atoms with Crippen LogP contribution in [0.4, 0.5) is 17.2 Å². The summed E-state index contributed by atoms with van der Waals surface area (Å²) in [6.07, 6.45) is 2.34. The van der Waals surface area contributed by atoms with Crippen LogP contribution in [0.3, 0.4) is 0 Å². The van der Waals surface area contributed by atoms with E-state index < -0.39 is 0 Å². The SMILES string of the molecule is Nc1cccc(Nc2ncnc3cc(OCCCCl)ccc23)c1. The van der Waals surface area contributed by atoms with E-state index in [2.05, 4.69) is 15.3 Å². The summed E-state index contributed by atoms with van der Waals surface area (Å²) in [4.78, 5) is 8.62. The zero-order chi connectivity index (χ0) is 16.1. The van der Waals surface area contributed by atoms with E-state index in [0.717, 1.165) is 34.6 Å². The molecule has 1 aromatic heterocycles. The lowest BCUT2D eigenvalue weighted by atomic mass is 10.2. The molecule has 23 heavy (non-hydrogen) atoms. The van der Waals surface area contributed by atoms with Crippen LogP contribution in [0, 0.1) is 0 Å². The number of alkyl halides is 1. The maximum atomic E-state index is 5.80. The number of halogens is 1. The lowest BCUT2D eigenvalue weighted by Gasteiger charge is -2.10. The molecular weight excluding hydrogens is 312 g/mol. The van der Waals surface area contributed by atoms with E-state index in [1.165, 1.54) is 6.33 Å². The minimum absolute atomic E-state index is 0.587. The van der Waals surface area contributed by atoms with E-state index >= 15 is 0 Å². The number of nitrogen functional groups attached to an aromatic ring is 1. The Morgan fingerprint density at radius 2 is 2.04 bits per heavy atom. The molecule has 0 aliphatic rings. The number of fused-ring (bicyclic) bond motifs is 1. The van der Waals surface area contributed by atoms with Crippen molar-refractivity contribution in [1.82, 2.24) is 9.97 Å². The van der Waals surface area contributed by atoms with Crippen molar-refractivity contribution in [2.45, 2.75) is 6.42 Å². The van der Waals surface area contributed by atoms with E-state index in [4.69, 9.17) is 22.1 Å². The topological polar surface area (TPSA) is 73.1 Å². The van der Waals surface area contributed by atoms with Gasteiger partial charge in [-0.2, -0.15) is 0 Å². The third-order valence-electron chi connectivity index (χ3n) is 3.30. The Hall–Kier alpha value is -2.53. The first-order valence-electron chi connectivity index (χ1n) is 7.32. The molecule has 3 aromatic rings. The highest BCUT2D eigenvalue weighted by Gasteiger charge is 2.06. The smallest absolute Gasteiger partial charge is 0.141 e. The van der Waals surface area contributed by atoms with Gasteiger partial charge in [0.15, 0.2) is 0 Å². The molecule has 0 radical (unpaired) electrons. The van der Waals surface area contributed by atoms with Gasteiger partial charge in [0.05, 0.1) is 12.1 Å². The van der Waals surface area contributed by atoms with Gasteiger partial charge in [-0.25, -0.2) is 9.97 Å². The van der Waals surface area contributed by atoms with Crippen molar-refractivity contribution in [2.24, 2.45) is 0 Å². The fourth-order valence-corrected chi connectivity index (χ4v) is 2.33. The lowest BCUT2D eigenvalue weighted by Crippen LogP contribution is -1.99. The number of aromatic nitrogens is 2. The van der Waals surface area contributed by atoms with Gasteiger partial charge in [-0.3, -0.25) is 0 Å². The zero-order valence-corrected chi connectivity index (χ0v) is 13.3. The average Bonchev–Trinajstić information content (AvgIpc) is 2.55. The number of rotatable bonds is 6. The highest BCUT2D eigenvalue weighted by molar-refractivity contribution is 6.17. The standard InChI is InChI=1S/C17H17ClN4O/c18-7-2-8-23-14-5-6-15-16(10-14)20-11-21-17(15)22-13-4-1-3-12(19)9-13/h1,3-6,9-11H,2,7-8,19H2,(H,20,21,22). The van der Waals surface area contributed by atoms with Crippen molar-refractivity contribution in [3.05, 3.63) is 48.8 Å². The maximum absolute atomic E-state index is 5.80. The Balaban J connectivity index is 1.86. The van der Waals surface area contributed by atoms with Gasteiger partial charge < -0.3 is 15.8 Å². The van der Waals surface area contributed by atoms with E-state index in [1.807, 2.05) is 42.5 Å².